The lowest BCUT2D eigenvalue weighted by Crippen LogP contribution is -2.09. The molecule has 0 unspecified atom stereocenters. The van der Waals surface area contributed by atoms with Gasteiger partial charge in [-0.3, -0.25) is 0 Å². The number of nitriles is 1. The van der Waals surface area contributed by atoms with Gasteiger partial charge < -0.3 is 15.8 Å². The number of nitrogens with two attached hydrogens (primary N) is 1. The molecule has 110 valence electrons. The molecule has 0 saturated carbocycles. The number of halogens is 1. The van der Waals surface area contributed by atoms with E-state index < -0.39 is 0 Å². The Balaban J connectivity index is 2.23. The molecule has 1 heterocycles. The highest BCUT2D eigenvalue weighted by atomic mass is 32.1. The second-order valence-electron chi connectivity index (χ2n) is 4.73. The van der Waals surface area contributed by atoms with Crippen LogP contribution in [0.4, 0.5) is 15.1 Å². The topological polar surface area (TPSA) is 71.1 Å². The number of thiophene rings is 1. The third-order valence-electron chi connectivity index (χ3n) is 2.75. The number of rotatable bonds is 5. The predicted octanol–water partition coefficient (Wildman–Crippen LogP) is 3.74. The fourth-order valence-corrected chi connectivity index (χ4v) is 2.65. The zero-order valence-electron chi connectivity index (χ0n) is 11.8. The maximum Gasteiger partial charge on any atom is 0.178 e. The molecule has 0 fully saturated rings. The number of hydrogen-bond acceptors (Lipinski definition) is 5. The van der Waals surface area contributed by atoms with Crippen molar-refractivity contribution in [3.8, 4) is 11.8 Å². The van der Waals surface area contributed by atoms with Crippen LogP contribution in [0, 0.1) is 17.1 Å². The van der Waals surface area contributed by atoms with Crippen LogP contribution in [-0.2, 0) is 6.54 Å². The molecule has 0 saturated heterocycles. The molecule has 0 radical (unpaired) electrons. The minimum Gasteiger partial charge on any atom is -0.486 e. The van der Waals surface area contributed by atoms with E-state index in [2.05, 4.69) is 5.32 Å². The first-order chi connectivity index (χ1) is 10.0. The van der Waals surface area contributed by atoms with Crippen LogP contribution in [0.1, 0.15) is 24.3 Å². The molecule has 0 aliphatic heterocycles. The number of nitrogen functional groups attached to an aromatic ring is 1. The Labute approximate surface area is 127 Å². The van der Waals surface area contributed by atoms with E-state index in [1.807, 2.05) is 19.9 Å². The van der Waals surface area contributed by atoms with Crippen molar-refractivity contribution < 1.29 is 9.13 Å². The van der Waals surface area contributed by atoms with Gasteiger partial charge in [-0.1, -0.05) is 18.2 Å². The summed E-state index contributed by atoms with van der Waals surface area (Å²) in [5.74, 6) is 0.184. The van der Waals surface area contributed by atoms with Crippen molar-refractivity contribution in [3.05, 3.63) is 40.5 Å². The summed E-state index contributed by atoms with van der Waals surface area (Å²) < 4.78 is 19.3. The van der Waals surface area contributed by atoms with Gasteiger partial charge in [0.05, 0.1) is 6.10 Å². The van der Waals surface area contributed by atoms with Gasteiger partial charge in [-0.25, -0.2) is 4.39 Å². The lowest BCUT2D eigenvalue weighted by Gasteiger charge is -2.12. The van der Waals surface area contributed by atoms with Gasteiger partial charge in [0.1, 0.15) is 27.5 Å². The summed E-state index contributed by atoms with van der Waals surface area (Å²) >= 11 is 1.21. The van der Waals surface area contributed by atoms with E-state index in [4.69, 9.17) is 15.7 Å². The number of nitrogens with zero attached hydrogens (tertiary/aromatic N) is 1. The van der Waals surface area contributed by atoms with Crippen molar-refractivity contribution >= 4 is 22.0 Å². The number of anilines is 2. The Morgan fingerprint density at radius 2 is 2.14 bits per heavy atom. The van der Waals surface area contributed by atoms with Crippen LogP contribution < -0.4 is 15.8 Å². The summed E-state index contributed by atoms with van der Waals surface area (Å²) in [6, 6.07) is 8.56. The molecule has 0 amide bonds. The molecular weight excluding hydrogens is 289 g/mol. The molecule has 0 atom stereocenters. The highest BCUT2D eigenvalue weighted by Gasteiger charge is 2.18. The van der Waals surface area contributed by atoms with Crippen LogP contribution in [0.2, 0.25) is 0 Å². The van der Waals surface area contributed by atoms with Gasteiger partial charge in [0.2, 0.25) is 0 Å². The quantitative estimate of drug-likeness (QED) is 0.882. The van der Waals surface area contributed by atoms with E-state index >= 15 is 0 Å². The Hall–Kier alpha value is -2.26. The van der Waals surface area contributed by atoms with Gasteiger partial charge in [-0.15, -0.1) is 11.3 Å². The van der Waals surface area contributed by atoms with Gasteiger partial charge in [0, 0.05) is 12.1 Å². The predicted molar refractivity (Wildman–Crippen MR) is 82.9 cm³/mol. The average molecular weight is 305 g/mol. The molecule has 2 aromatic rings. The Kier molecular flexibility index (Phi) is 4.66. The third-order valence-corrected chi connectivity index (χ3v) is 3.80. The molecule has 6 heteroatoms. The number of nitrogens with one attached hydrogen (secondary N) is 1. The van der Waals surface area contributed by atoms with Crippen molar-refractivity contribution in [3.63, 3.8) is 0 Å². The van der Waals surface area contributed by atoms with E-state index in [1.165, 1.54) is 17.4 Å². The summed E-state index contributed by atoms with van der Waals surface area (Å²) in [4.78, 5) is 0.390. The first kappa shape index (κ1) is 15.1. The van der Waals surface area contributed by atoms with E-state index in [9.17, 15) is 4.39 Å². The van der Waals surface area contributed by atoms with Gasteiger partial charge in [0.25, 0.3) is 0 Å². The van der Waals surface area contributed by atoms with Crippen LogP contribution in [0.25, 0.3) is 0 Å². The molecule has 0 bridgehead atoms. The summed E-state index contributed by atoms with van der Waals surface area (Å²) in [5, 5.41) is 12.8. The monoisotopic (exact) mass is 305 g/mol. The molecular formula is C15H16FN3OS. The zero-order chi connectivity index (χ0) is 15.4. The smallest absolute Gasteiger partial charge is 0.178 e. The van der Waals surface area contributed by atoms with Crippen molar-refractivity contribution in [1.29, 1.82) is 5.26 Å². The lowest BCUT2D eigenvalue weighted by molar-refractivity contribution is 0.246. The molecule has 2 rings (SSSR count). The molecule has 1 aromatic carbocycles. The molecule has 0 aliphatic rings. The van der Waals surface area contributed by atoms with Crippen molar-refractivity contribution in [1.82, 2.24) is 0 Å². The molecule has 0 aliphatic carbocycles. The molecule has 1 aromatic heterocycles. The number of ether oxygens (including phenoxy) is 1. The maximum absolute atomic E-state index is 13.6. The van der Waals surface area contributed by atoms with Crippen LogP contribution in [0.5, 0.6) is 5.75 Å². The van der Waals surface area contributed by atoms with Gasteiger partial charge in [-0.05, 0) is 19.9 Å². The molecule has 4 nitrogen and oxygen atoms in total. The van der Waals surface area contributed by atoms with E-state index in [-0.39, 0.29) is 11.9 Å². The standard InChI is InChI=1S/C15H16FN3OS/c1-9(2)20-14-13(18)12(7-17)21-15(14)19-8-10-5-3-4-6-11(10)16/h3-6,9,19H,8,18H2,1-2H3. The fourth-order valence-electron chi connectivity index (χ4n) is 1.80. The minimum atomic E-state index is -0.277. The van der Waals surface area contributed by atoms with Crippen LogP contribution in [0.15, 0.2) is 24.3 Å². The fraction of sp³-hybridized carbons (Fsp3) is 0.267. The Morgan fingerprint density at radius 1 is 1.43 bits per heavy atom. The van der Waals surface area contributed by atoms with Crippen molar-refractivity contribution in [2.24, 2.45) is 0 Å². The van der Waals surface area contributed by atoms with Crippen LogP contribution in [0.3, 0.4) is 0 Å². The van der Waals surface area contributed by atoms with Gasteiger partial charge in [0.15, 0.2) is 5.75 Å². The normalized spacial score (nSPS) is 10.4. The van der Waals surface area contributed by atoms with E-state index in [0.29, 0.717) is 33.4 Å². The maximum atomic E-state index is 13.6. The minimum absolute atomic E-state index is 0.0672. The largest absolute Gasteiger partial charge is 0.486 e. The number of benzene rings is 1. The van der Waals surface area contributed by atoms with Gasteiger partial charge in [-0.2, -0.15) is 5.26 Å². The summed E-state index contributed by atoms with van der Waals surface area (Å²) in [6.45, 7) is 4.06. The Bertz CT molecular complexity index is 676. The van der Waals surface area contributed by atoms with Crippen LogP contribution >= 0.6 is 11.3 Å². The molecule has 3 N–H and O–H groups in total. The van der Waals surface area contributed by atoms with E-state index in [0.717, 1.165) is 0 Å². The third kappa shape index (κ3) is 3.44. The summed E-state index contributed by atoms with van der Waals surface area (Å²) in [6.07, 6.45) is -0.0672. The first-order valence-electron chi connectivity index (χ1n) is 6.49. The second-order valence-corrected chi connectivity index (χ2v) is 5.75. The zero-order valence-corrected chi connectivity index (χ0v) is 12.6. The van der Waals surface area contributed by atoms with Gasteiger partial charge >= 0.3 is 0 Å². The Morgan fingerprint density at radius 3 is 2.76 bits per heavy atom. The SMILES string of the molecule is CC(C)Oc1c(NCc2ccccc2F)sc(C#N)c1N. The summed E-state index contributed by atoms with van der Waals surface area (Å²) in [7, 11) is 0. The molecule has 0 spiro atoms. The highest BCUT2D eigenvalue weighted by molar-refractivity contribution is 7.17. The average Bonchev–Trinajstić information content (AvgIpc) is 2.74. The second kappa shape index (κ2) is 6.46. The van der Waals surface area contributed by atoms with Crippen molar-refractivity contribution in [2.45, 2.75) is 26.5 Å². The first-order valence-corrected chi connectivity index (χ1v) is 7.30. The van der Waals surface area contributed by atoms with E-state index in [1.54, 1.807) is 18.2 Å². The number of hydrogen-bond donors (Lipinski definition) is 2. The molecule has 21 heavy (non-hydrogen) atoms. The summed E-state index contributed by atoms with van der Waals surface area (Å²) in [5.41, 5.74) is 6.78. The van der Waals surface area contributed by atoms with Crippen molar-refractivity contribution in [2.75, 3.05) is 11.1 Å². The lowest BCUT2D eigenvalue weighted by atomic mass is 10.2. The highest BCUT2D eigenvalue weighted by Crippen LogP contribution is 2.43. The van der Waals surface area contributed by atoms with Crippen LogP contribution in [-0.4, -0.2) is 6.10 Å².